The number of rotatable bonds is 5. The summed E-state index contributed by atoms with van der Waals surface area (Å²) in [5.41, 5.74) is 8.40. The first kappa shape index (κ1) is 19.8. The van der Waals surface area contributed by atoms with Crippen LogP contribution >= 0.6 is 23.1 Å². The van der Waals surface area contributed by atoms with Crippen LogP contribution in [0.3, 0.4) is 0 Å². The largest absolute Gasteiger partial charge is 1.00 e. The van der Waals surface area contributed by atoms with Gasteiger partial charge < -0.3 is 22.9 Å². The van der Waals surface area contributed by atoms with Crippen LogP contribution in [0.5, 0.6) is 0 Å². The smallest absolute Gasteiger partial charge is 0.331 e. The number of Topliss-reactive ketones (excluding diaryl/α,β-unsaturated/α-hetero) is 1. The predicted molar refractivity (Wildman–Crippen MR) is 86.7 cm³/mol. The van der Waals surface area contributed by atoms with Gasteiger partial charge in [0.25, 0.3) is 0 Å². The van der Waals surface area contributed by atoms with Gasteiger partial charge in [-0.1, -0.05) is 23.1 Å². The van der Waals surface area contributed by atoms with Crippen LogP contribution in [0.15, 0.2) is 21.5 Å². The second-order valence-corrected chi connectivity index (χ2v) is 6.88. The molecule has 0 bridgehead atoms. The normalized spacial score (nSPS) is 18.5. The fraction of sp³-hybridized carbons (Fsp3) is 0.429. The minimum Gasteiger partial charge on any atom is -1.00 e. The lowest BCUT2D eigenvalue weighted by Gasteiger charge is -2.01. The van der Waals surface area contributed by atoms with Crippen molar-refractivity contribution in [2.45, 2.75) is 32.8 Å². The van der Waals surface area contributed by atoms with Crippen molar-refractivity contribution in [3.8, 4) is 0 Å². The van der Waals surface area contributed by atoms with Gasteiger partial charge in [-0.2, -0.15) is 4.57 Å². The van der Waals surface area contributed by atoms with E-state index in [1.54, 1.807) is 18.3 Å². The van der Waals surface area contributed by atoms with E-state index in [-0.39, 0.29) is 37.1 Å². The number of carbonyl (C=O) groups is 2. The summed E-state index contributed by atoms with van der Waals surface area (Å²) >= 11 is 2.77. The number of thioether (sulfide) groups is 1. The minimum atomic E-state index is -0.560. The van der Waals surface area contributed by atoms with Crippen molar-refractivity contribution in [1.82, 2.24) is 0 Å². The Kier molecular flexibility index (Phi) is 7.40. The summed E-state index contributed by atoms with van der Waals surface area (Å²) in [7, 11) is 0. The molecule has 1 unspecified atom stereocenters. The number of aromatic nitrogens is 1. The number of hydrogen-bond acceptors (Lipinski definition) is 7. The summed E-state index contributed by atoms with van der Waals surface area (Å²) in [4.78, 5) is 29.8. The zero-order valence-corrected chi connectivity index (χ0v) is 15.4. The molecular formula is C14H18ClN3O3S2. The van der Waals surface area contributed by atoms with E-state index in [1.807, 2.05) is 23.9 Å². The number of ether oxygens (including phenoxy) is 1. The van der Waals surface area contributed by atoms with Crippen LogP contribution in [0.4, 0.5) is 0 Å². The van der Waals surface area contributed by atoms with Crippen molar-refractivity contribution in [3.63, 3.8) is 0 Å². The van der Waals surface area contributed by atoms with Crippen LogP contribution < -0.4 is 22.7 Å². The molecule has 23 heavy (non-hydrogen) atoms. The molecule has 1 aliphatic rings. The Balaban J connectivity index is 0.00000264. The van der Waals surface area contributed by atoms with Crippen molar-refractivity contribution in [2.75, 3.05) is 6.61 Å². The van der Waals surface area contributed by atoms with Gasteiger partial charge in [-0.25, -0.2) is 4.79 Å². The molecule has 0 spiro atoms. The Morgan fingerprint density at radius 1 is 1.48 bits per heavy atom. The van der Waals surface area contributed by atoms with E-state index in [0.717, 1.165) is 10.6 Å². The fourth-order valence-corrected chi connectivity index (χ4v) is 3.57. The third-order valence-corrected chi connectivity index (χ3v) is 5.07. The highest BCUT2D eigenvalue weighted by atomic mass is 35.5. The number of nitrogens with two attached hydrogens (primary N) is 1. The van der Waals surface area contributed by atoms with Gasteiger partial charge in [0, 0.05) is 17.9 Å². The monoisotopic (exact) mass is 375 g/mol. The molecule has 0 amide bonds. The number of ketones is 1. The standard InChI is InChI=1S/C14H18N3O3S2.ClH/c1-4-20-12(19)5-11-13(16-14(15)22-11)10(18)6-17-7-21-9(3)8(17)2;/h5,7,14H,4,6,15H2,1-3H3;1H/q+1;/p-1. The molecule has 0 aromatic carbocycles. The van der Waals surface area contributed by atoms with Gasteiger partial charge in [0.15, 0.2) is 5.69 Å². The molecule has 0 saturated heterocycles. The first-order valence-corrected chi connectivity index (χ1v) is 8.54. The number of hydrogen-bond donors (Lipinski definition) is 1. The van der Waals surface area contributed by atoms with Gasteiger partial charge in [0.1, 0.15) is 11.2 Å². The molecule has 2 N–H and O–H groups in total. The van der Waals surface area contributed by atoms with Gasteiger partial charge in [0.2, 0.25) is 17.8 Å². The number of halogens is 1. The Labute approximate surface area is 149 Å². The van der Waals surface area contributed by atoms with Crippen molar-refractivity contribution >= 4 is 40.6 Å². The first-order chi connectivity index (χ1) is 10.4. The number of esters is 1. The molecule has 1 atom stereocenters. The van der Waals surface area contributed by atoms with E-state index in [1.165, 1.54) is 17.8 Å². The van der Waals surface area contributed by atoms with Crippen molar-refractivity contribution in [1.29, 1.82) is 0 Å². The maximum atomic E-state index is 12.5. The van der Waals surface area contributed by atoms with Gasteiger partial charge >= 0.3 is 5.97 Å². The van der Waals surface area contributed by atoms with Crippen molar-refractivity contribution < 1.29 is 31.3 Å². The summed E-state index contributed by atoms with van der Waals surface area (Å²) in [5, 5.41) is 0. The lowest BCUT2D eigenvalue weighted by atomic mass is 10.2. The third kappa shape index (κ3) is 4.87. The van der Waals surface area contributed by atoms with Crippen LogP contribution in [0.2, 0.25) is 0 Å². The summed E-state index contributed by atoms with van der Waals surface area (Å²) in [6.45, 7) is 6.16. The number of nitrogens with zero attached hydrogens (tertiary/aromatic N) is 2. The SMILES string of the molecule is CCOC(=O)C=C1SC(N)N=C1C(=O)C[n+]1csc(C)c1C.[Cl-]. The second-order valence-electron chi connectivity index (χ2n) is 4.66. The quantitative estimate of drug-likeness (QED) is 0.369. The zero-order chi connectivity index (χ0) is 16.3. The van der Waals surface area contributed by atoms with E-state index in [2.05, 4.69) is 4.99 Å². The Morgan fingerprint density at radius 3 is 2.74 bits per heavy atom. The molecular weight excluding hydrogens is 358 g/mol. The second kappa shape index (κ2) is 8.58. The van der Waals surface area contributed by atoms with E-state index in [9.17, 15) is 9.59 Å². The van der Waals surface area contributed by atoms with Gasteiger partial charge in [-0.3, -0.25) is 9.79 Å². The molecule has 1 aliphatic heterocycles. The molecule has 2 rings (SSSR count). The van der Waals surface area contributed by atoms with Crippen LogP contribution in [0, 0.1) is 13.8 Å². The number of aliphatic imine (C=N–C) groups is 1. The summed E-state index contributed by atoms with van der Waals surface area (Å²) < 4.78 is 6.74. The average molecular weight is 376 g/mol. The molecule has 1 aromatic rings. The Bertz CT molecular complexity index is 670. The van der Waals surface area contributed by atoms with Crippen LogP contribution in [-0.2, 0) is 20.9 Å². The highest BCUT2D eigenvalue weighted by Gasteiger charge is 2.30. The molecule has 9 heteroatoms. The zero-order valence-electron chi connectivity index (χ0n) is 13.0. The van der Waals surface area contributed by atoms with Crippen molar-refractivity contribution in [2.24, 2.45) is 10.7 Å². The summed E-state index contributed by atoms with van der Waals surface area (Å²) in [6.07, 6.45) is 1.29. The molecule has 0 saturated carbocycles. The van der Waals surface area contributed by atoms with Gasteiger partial charge in [0.05, 0.1) is 11.5 Å². The Morgan fingerprint density at radius 2 is 2.17 bits per heavy atom. The maximum Gasteiger partial charge on any atom is 0.331 e. The third-order valence-electron chi connectivity index (χ3n) is 3.15. The Hall–Kier alpha value is -1.22. The highest BCUT2D eigenvalue weighted by Crippen LogP contribution is 2.29. The molecule has 0 radical (unpaired) electrons. The number of thiazole rings is 1. The molecule has 1 aromatic heterocycles. The van der Waals surface area contributed by atoms with E-state index in [0.29, 0.717) is 4.91 Å². The number of allylic oxidation sites excluding steroid dienone is 1. The van der Waals surface area contributed by atoms with E-state index < -0.39 is 11.5 Å². The van der Waals surface area contributed by atoms with E-state index >= 15 is 0 Å². The van der Waals surface area contributed by atoms with Gasteiger partial charge in [-0.05, 0) is 13.8 Å². The lowest BCUT2D eigenvalue weighted by molar-refractivity contribution is -0.685. The van der Waals surface area contributed by atoms with Crippen LogP contribution in [0.25, 0.3) is 0 Å². The predicted octanol–water partition coefficient (Wildman–Crippen LogP) is -1.90. The van der Waals surface area contributed by atoms with Gasteiger partial charge in [-0.15, -0.1) is 0 Å². The molecule has 6 nitrogen and oxygen atoms in total. The molecule has 0 fully saturated rings. The fourth-order valence-electron chi connectivity index (χ4n) is 1.90. The minimum absolute atomic E-state index is 0. The van der Waals surface area contributed by atoms with E-state index in [4.69, 9.17) is 10.5 Å². The summed E-state index contributed by atoms with van der Waals surface area (Å²) in [6, 6.07) is 0. The average Bonchev–Trinajstić information content (AvgIpc) is 2.96. The molecule has 0 aliphatic carbocycles. The maximum absolute atomic E-state index is 12.5. The lowest BCUT2D eigenvalue weighted by Crippen LogP contribution is -3.00. The topological polar surface area (TPSA) is 85.6 Å². The summed E-state index contributed by atoms with van der Waals surface area (Å²) in [5.74, 6) is -0.656. The van der Waals surface area contributed by atoms with Crippen molar-refractivity contribution in [3.05, 3.63) is 27.1 Å². The highest BCUT2D eigenvalue weighted by molar-refractivity contribution is 8.05. The molecule has 2 heterocycles. The van der Waals surface area contributed by atoms with Crippen LogP contribution in [0.1, 0.15) is 17.5 Å². The molecule has 126 valence electrons. The first-order valence-electron chi connectivity index (χ1n) is 6.78. The van der Waals surface area contributed by atoms with Crippen LogP contribution in [-0.4, -0.2) is 29.6 Å². The number of aryl methyl sites for hydroxylation is 1. The number of carbonyl (C=O) groups excluding carboxylic acids is 2.